The number of hydrogen-bond donors (Lipinski definition) is 0. The Bertz CT molecular complexity index is 943. The summed E-state index contributed by atoms with van der Waals surface area (Å²) in [6.07, 6.45) is 2.61. The zero-order valence-corrected chi connectivity index (χ0v) is 13.5. The molecule has 5 nitrogen and oxygen atoms in total. The molecule has 0 radical (unpaired) electrons. The first-order valence-corrected chi connectivity index (χ1v) is 7.84. The molecule has 1 aliphatic heterocycles. The van der Waals surface area contributed by atoms with Gasteiger partial charge in [0.2, 0.25) is 5.28 Å². The van der Waals surface area contributed by atoms with Crippen molar-refractivity contribution >= 4 is 22.6 Å². The fourth-order valence-electron chi connectivity index (χ4n) is 3.24. The van der Waals surface area contributed by atoms with Gasteiger partial charge in [0.1, 0.15) is 17.0 Å². The number of aryl methyl sites for hydroxylation is 1. The minimum absolute atomic E-state index is 0.0346. The van der Waals surface area contributed by atoms with Gasteiger partial charge < -0.3 is 9.30 Å². The second-order valence-corrected chi connectivity index (χ2v) is 6.05. The number of benzene rings is 1. The summed E-state index contributed by atoms with van der Waals surface area (Å²) in [5.74, 6) is -0.369. The lowest BCUT2D eigenvalue weighted by atomic mass is 10.1. The Labute approximate surface area is 141 Å². The SMILES string of the molecule is COC[C@@H]1CCc2nc3c(F)cc(-c4nc(Cl)ncc4F)cc3n21. The van der Waals surface area contributed by atoms with E-state index in [0.717, 1.165) is 24.9 Å². The van der Waals surface area contributed by atoms with Gasteiger partial charge in [-0.25, -0.2) is 23.7 Å². The zero-order valence-electron chi connectivity index (χ0n) is 12.8. The lowest BCUT2D eigenvalue weighted by Gasteiger charge is -2.13. The summed E-state index contributed by atoms with van der Waals surface area (Å²) in [5, 5.41) is -0.0947. The van der Waals surface area contributed by atoms with E-state index < -0.39 is 11.6 Å². The molecule has 0 spiro atoms. The predicted molar refractivity (Wildman–Crippen MR) is 84.9 cm³/mol. The molecule has 0 aliphatic carbocycles. The van der Waals surface area contributed by atoms with Crippen LogP contribution in [0.25, 0.3) is 22.3 Å². The van der Waals surface area contributed by atoms with Crippen molar-refractivity contribution in [3.63, 3.8) is 0 Å². The van der Waals surface area contributed by atoms with E-state index in [0.29, 0.717) is 17.7 Å². The maximum Gasteiger partial charge on any atom is 0.223 e. The van der Waals surface area contributed by atoms with E-state index in [1.807, 2.05) is 4.57 Å². The van der Waals surface area contributed by atoms with Crippen LogP contribution in [0.2, 0.25) is 5.28 Å². The molecule has 4 rings (SSSR count). The van der Waals surface area contributed by atoms with Crippen molar-refractivity contribution in [1.29, 1.82) is 0 Å². The largest absolute Gasteiger partial charge is 0.383 e. The first-order valence-electron chi connectivity index (χ1n) is 7.46. The minimum Gasteiger partial charge on any atom is -0.383 e. The Kier molecular flexibility index (Phi) is 3.69. The molecule has 0 saturated carbocycles. The fourth-order valence-corrected chi connectivity index (χ4v) is 3.38. The first-order chi connectivity index (χ1) is 11.6. The molecule has 3 heterocycles. The normalized spacial score (nSPS) is 16.8. The number of halogens is 3. The van der Waals surface area contributed by atoms with E-state index in [1.54, 1.807) is 13.2 Å². The van der Waals surface area contributed by atoms with Crippen LogP contribution in [0.15, 0.2) is 18.3 Å². The molecule has 24 heavy (non-hydrogen) atoms. The average Bonchev–Trinajstić information content (AvgIpc) is 3.11. The average molecular weight is 351 g/mol. The molecule has 1 aromatic carbocycles. The molecule has 0 amide bonds. The van der Waals surface area contributed by atoms with Crippen LogP contribution in [-0.2, 0) is 11.2 Å². The number of methoxy groups -OCH3 is 1. The molecular weight excluding hydrogens is 338 g/mol. The summed E-state index contributed by atoms with van der Waals surface area (Å²) in [6.45, 7) is 0.512. The highest BCUT2D eigenvalue weighted by Crippen LogP contribution is 2.35. The molecule has 1 aliphatic rings. The van der Waals surface area contributed by atoms with E-state index in [9.17, 15) is 8.78 Å². The van der Waals surface area contributed by atoms with Crippen molar-refractivity contribution in [1.82, 2.24) is 19.5 Å². The van der Waals surface area contributed by atoms with Crippen molar-refractivity contribution in [2.75, 3.05) is 13.7 Å². The van der Waals surface area contributed by atoms with Crippen LogP contribution in [0.5, 0.6) is 0 Å². The zero-order chi connectivity index (χ0) is 16.8. The predicted octanol–water partition coefficient (Wildman–Crippen LogP) is 3.56. The van der Waals surface area contributed by atoms with Gasteiger partial charge in [-0.2, -0.15) is 0 Å². The summed E-state index contributed by atoms with van der Waals surface area (Å²) in [6, 6.07) is 2.99. The van der Waals surface area contributed by atoms with Crippen molar-refractivity contribution in [2.45, 2.75) is 18.9 Å². The molecule has 0 unspecified atom stereocenters. The number of aromatic nitrogens is 4. The third kappa shape index (κ3) is 2.35. The Morgan fingerprint density at radius 3 is 2.92 bits per heavy atom. The smallest absolute Gasteiger partial charge is 0.223 e. The molecule has 0 fully saturated rings. The van der Waals surface area contributed by atoms with Crippen molar-refractivity contribution in [3.8, 4) is 11.3 Å². The summed E-state index contributed by atoms with van der Waals surface area (Å²) in [5.41, 5.74) is 1.14. The highest BCUT2D eigenvalue weighted by atomic mass is 35.5. The van der Waals surface area contributed by atoms with Gasteiger partial charge in [0.25, 0.3) is 0 Å². The Hall–Kier alpha value is -2.12. The monoisotopic (exact) mass is 350 g/mol. The molecule has 0 N–H and O–H groups in total. The van der Waals surface area contributed by atoms with Gasteiger partial charge in [0.05, 0.1) is 24.4 Å². The van der Waals surface area contributed by atoms with Crippen molar-refractivity contribution in [3.05, 3.63) is 41.1 Å². The molecule has 1 atom stereocenters. The minimum atomic E-state index is -0.659. The van der Waals surface area contributed by atoms with Gasteiger partial charge in [-0.15, -0.1) is 0 Å². The second kappa shape index (κ2) is 5.75. The number of fused-ring (bicyclic) bond motifs is 3. The summed E-state index contributed by atoms with van der Waals surface area (Å²) in [4.78, 5) is 11.8. The Morgan fingerprint density at radius 2 is 2.12 bits per heavy atom. The standard InChI is InChI=1S/C16H13ClF2N4O/c1-24-7-9-2-3-13-21-15-10(18)4-8(5-12(15)23(9)13)14-11(19)6-20-16(17)22-14/h4-6,9H,2-3,7H2,1H3/t9-/m0/s1. The highest BCUT2D eigenvalue weighted by Gasteiger charge is 2.27. The molecule has 0 bridgehead atoms. The maximum absolute atomic E-state index is 14.5. The van der Waals surface area contributed by atoms with Crippen LogP contribution < -0.4 is 0 Å². The number of imidazole rings is 1. The van der Waals surface area contributed by atoms with Gasteiger partial charge in [0, 0.05) is 19.1 Å². The molecule has 124 valence electrons. The van der Waals surface area contributed by atoms with Gasteiger partial charge in [-0.05, 0) is 30.2 Å². The maximum atomic E-state index is 14.5. The lowest BCUT2D eigenvalue weighted by Crippen LogP contribution is -2.10. The summed E-state index contributed by atoms with van der Waals surface area (Å²) in [7, 11) is 1.63. The van der Waals surface area contributed by atoms with Gasteiger partial charge in [0.15, 0.2) is 11.6 Å². The van der Waals surface area contributed by atoms with E-state index in [4.69, 9.17) is 16.3 Å². The van der Waals surface area contributed by atoms with Crippen LogP contribution in [0.1, 0.15) is 18.3 Å². The summed E-state index contributed by atoms with van der Waals surface area (Å²) >= 11 is 5.75. The lowest BCUT2D eigenvalue weighted by molar-refractivity contribution is 0.160. The number of hydrogen-bond acceptors (Lipinski definition) is 4. The molecular formula is C16H13ClF2N4O. The third-order valence-corrected chi connectivity index (χ3v) is 4.42. The Morgan fingerprint density at radius 1 is 1.29 bits per heavy atom. The first kappa shape index (κ1) is 15.4. The van der Waals surface area contributed by atoms with Crippen LogP contribution in [0.4, 0.5) is 8.78 Å². The van der Waals surface area contributed by atoms with Crippen LogP contribution in [0, 0.1) is 11.6 Å². The quantitative estimate of drug-likeness (QED) is 0.678. The summed E-state index contributed by atoms with van der Waals surface area (Å²) < 4.78 is 35.8. The topological polar surface area (TPSA) is 52.8 Å². The molecule has 8 heteroatoms. The Balaban J connectivity index is 1.94. The molecule has 2 aromatic heterocycles. The van der Waals surface area contributed by atoms with E-state index in [-0.39, 0.29) is 22.5 Å². The van der Waals surface area contributed by atoms with Crippen LogP contribution in [-0.4, -0.2) is 33.2 Å². The van der Waals surface area contributed by atoms with Crippen molar-refractivity contribution < 1.29 is 13.5 Å². The molecule has 0 saturated heterocycles. The van der Waals surface area contributed by atoms with Crippen molar-refractivity contribution in [2.24, 2.45) is 0 Å². The van der Waals surface area contributed by atoms with E-state index in [1.165, 1.54) is 6.07 Å². The fraction of sp³-hybridized carbons (Fsp3) is 0.312. The second-order valence-electron chi connectivity index (χ2n) is 5.71. The number of nitrogens with zero attached hydrogens (tertiary/aromatic N) is 4. The van der Waals surface area contributed by atoms with Crippen LogP contribution in [0.3, 0.4) is 0 Å². The number of rotatable bonds is 3. The van der Waals surface area contributed by atoms with Gasteiger partial charge in [-0.3, -0.25) is 0 Å². The van der Waals surface area contributed by atoms with E-state index >= 15 is 0 Å². The van der Waals surface area contributed by atoms with Gasteiger partial charge in [-0.1, -0.05) is 0 Å². The number of ether oxygens (including phenoxy) is 1. The van der Waals surface area contributed by atoms with E-state index in [2.05, 4.69) is 15.0 Å². The highest BCUT2D eigenvalue weighted by molar-refractivity contribution is 6.28. The third-order valence-electron chi connectivity index (χ3n) is 4.24. The van der Waals surface area contributed by atoms with Gasteiger partial charge >= 0.3 is 0 Å². The van der Waals surface area contributed by atoms with Crippen LogP contribution >= 0.6 is 11.6 Å². The molecule has 3 aromatic rings.